The quantitative estimate of drug-likeness (QED) is 0.461. The second-order valence-corrected chi connectivity index (χ2v) is 6.62. The number of aliphatic hydroxyl groups is 1. The zero-order chi connectivity index (χ0) is 27.6. The summed E-state index contributed by atoms with van der Waals surface area (Å²) >= 11 is 0. The summed E-state index contributed by atoms with van der Waals surface area (Å²) in [5.41, 5.74) is 0.899. The van der Waals surface area contributed by atoms with Crippen LogP contribution in [0, 0.1) is 6.92 Å². The highest BCUT2D eigenvalue weighted by molar-refractivity contribution is 5.89. The molecule has 1 atom stereocenters. The van der Waals surface area contributed by atoms with Gasteiger partial charge in [0.2, 0.25) is 0 Å². The van der Waals surface area contributed by atoms with Gasteiger partial charge in [0.1, 0.15) is 0 Å². The lowest BCUT2D eigenvalue weighted by molar-refractivity contribution is 0.0697. The van der Waals surface area contributed by atoms with Gasteiger partial charge in [0.15, 0.2) is 0 Å². The Morgan fingerprint density at radius 3 is 2.79 bits per heavy atom. The van der Waals surface area contributed by atoms with Gasteiger partial charge < -0.3 is 15.5 Å². The number of aliphatic hydroxyl groups excluding tert-OH is 1. The predicted octanol–water partition coefficient (Wildman–Crippen LogP) is 4.62. The first-order valence-electron chi connectivity index (χ1n) is 13.3. The summed E-state index contributed by atoms with van der Waals surface area (Å²) in [7, 11) is 0. The van der Waals surface area contributed by atoms with Crippen molar-refractivity contribution in [2.24, 2.45) is 0 Å². The first-order chi connectivity index (χ1) is 17.4. The summed E-state index contributed by atoms with van der Waals surface area (Å²) in [6, 6.07) is 3.89. The first kappa shape index (κ1) is 12.6. The van der Waals surface area contributed by atoms with E-state index in [-0.39, 0.29) is 53.4 Å². The number of carboxylic acid groups (broad SMARTS) is 1. The molecular formula is C25H27NO3. The SMILES string of the molecule is [2H]c1c([2H])c(C(=O)O)c([2H])c(-c2cccc(CCCNC[C@H](O)c3c([2H])c([2H])c([2H])c(C)c3[2H])c2)c1[2H]. The standard InChI is InChI=1S/C25H27NO3/c1-18-6-2-11-22(14-18)24(27)17-26-13-5-8-19-7-3-9-20(15-19)21-10-4-12-23(16-21)25(28)29/h2-4,6-7,9-12,14-16,24,26-27H,5,8,13,17H2,1H3,(H,28,29)/t24-/m0/s1/i2D,4D,6D,10D,11D,12D,14D,16D. The van der Waals surface area contributed by atoms with Crippen LogP contribution in [0.3, 0.4) is 0 Å². The second-order valence-electron chi connectivity index (χ2n) is 6.62. The van der Waals surface area contributed by atoms with Gasteiger partial charge >= 0.3 is 5.97 Å². The third-order valence-corrected chi connectivity index (χ3v) is 4.31. The molecular weight excluding hydrogens is 362 g/mol. The lowest BCUT2D eigenvalue weighted by atomic mass is 9.99. The van der Waals surface area contributed by atoms with E-state index in [0.717, 1.165) is 5.56 Å². The van der Waals surface area contributed by atoms with E-state index in [2.05, 4.69) is 5.32 Å². The molecule has 0 aliphatic carbocycles. The predicted molar refractivity (Wildman–Crippen MR) is 116 cm³/mol. The van der Waals surface area contributed by atoms with Gasteiger partial charge in [-0.2, -0.15) is 0 Å². The van der Waals surface area contributed by atoms with E-state index in [1.54, 1.807) is 18.2 Å². The van der Waals surface area contributed by atoms with Crippen molar-refractivity contribution in [1.82, 2.24) is 5.32 Å². The molecule has 3 rings (SSSR count). The van der Waals surface area contributed by atoms with Crippen LogP contribution in [0.4, 0.5) is 0 Å². The molecule has 29 heavy (non-hydrogen) atoms. The molecule has 150 valence electrons. The molecule has 0 bridgehead atoms. The van der Waals surface area contributed by atoms with E-state index in [1.165, 1.54) is 6.92 Å². The van der Waals surface area contributed by atoms with Crippen molar-refractivity contribution in [2.45, 2.75) is 25.9 Å². The van der Waals surface area contributed by atoms with Crippen molar-refractivity contribution in [3.05, 3.63) is 94.9 Å². The van der Waals surface area contributed by atoms with E-state index < -0.39 is 35.8 Å². The Morgan fingerprint density at radius 1 is 1.14 bits per heavy atom. The zero-order valence-electron chi connectivity index (χ0n) is 24.0. The zero-order valence-corrected chi connectivity index (χ0v) is 16.0. The molecule has 0 aliphatic rings. The smallest absolute Gasteiger partial charge is 0.335 e. The number of aromatic carboxylic acids is 1. The van der Waals surface area contributed by atoms with Crippen molar-refractivity contribution in [3.63, 3.8) is 0 Å². The van der Waals surface area contributed by atoms with E-state index in [1.807, 2.05) is 6.07 Å². The number of hydrogen-bond donors (Lipinski definition) is 3. The Morgan fingerprint density at radius 2 is 1.97 bits per heavy atom. The molecule has 0 saturated carbocycles. The highest BCUT2D eigenvalue weighted by atomic mass is 16.4. The van der Waals surface area contributed by atoms with Crippen molar-refractivity contribution in [2.75, 3.05) is 13.1 Å². The molecule has 4 nitrogen and oxygen atoms in total. The summed E-state index contributed by atoms with van der Waals surface area (Å²) in [4.78, 5) is 11.5. The molecule has 0 fully saturated rings. The van der Waals surface area contributed by atoms with Crippen molar-refractivity contribution in [3.8, 4) is 11.1 Å². The van der Waals surface area contributed by atoms with Crippen LogP contribution in [0.1, 0.15) is 50.5 Å². The monoisotopic (exact) mass is 397 g/mol. The molecule has 3 N–H and O–H groups in total. The lowest BCUT2D eigenvalue weighted by Crippen LogP contribution is -2.22. The fourth-order valence-corrected chi connectivity index (χ4v) is 2.86. The molecule has 3 aromatic rings. The molecule has 0 radical (unpaired) electrons. The van der Waals surface area contributed by atoms with Crippen LogP contribution < -0.4 is 5.32 Å². The lowest BCUT2D eigenvalue weighted by Gasteiger charge is -2.13. The van der Waals surface area contributed by atoms with Gasteiger partial charge in [-0.15, -0.1) is 0 Å². The minimum Gasteiger partial charge on any atom is -0.478 e. The van der Waals surface area contributed by atoms with Gasteiger partial charge in [0, 0.05) is 6.54 Å². The van der Waals surface area contributed by atoms with Crippen molar-refractivity contribution < 1.29 is 26.0 Å². The second kappa shape index (κ2) is 10.0. The van der Waals surface area contributed by atoms with Gasteiger partial charge in [0.25, 0.3) is 0 Å². The minimum absolute atomic E-state index is 0.0124. The van der Waals surface area contributed by atoms with E-state index in [0.29, 0.717) is 24.9 Å². The fraction of sp³-hybridized carbons (Fsp3) is 0.240. The summed E-state index contributed by atoms with van der Waals surface area (Å²) in [6.07, 6.45) is 0.0218. The number of carboxylic acids is 1. The minimum atomic E-state index is -1.49. The number of benzene rings is 3. The number of carbonyl (C=O) groups is 1. The molecule has 0 aromatic heterocycles. The number of hydrogen-bond acceptors (Lipinski definition) is 3. The third-order valence-electron chi connectivity index (χ3n) is 4.31. The average molecular weight is 398 g/mol. The largest absolute Gasteiger partial charge is 0.478 e. The molecule has 0 unspecified atom stereocenters. The first-order valence-corrected chi connectivity index (χ1v) is 9.26. The van der Waals surface area contributed by atoms with Crippen LogP contribution in [0.5, 0.6) is 0 Å². The number of aryl methyl sites for hydroxylation is 1. The van der Waals surface area contributed by atoms with Crippen LogP contribution in [0.2, 0.25) is 0 Å². The Labute approximate surface area is 183 Å². The topological polar surface area (TPSA) is 69.6 Å². The Bertz CT molecular complexity index is 1330. The maximum Gasteiger partial charge on any atom is 0.335 e. The van der Waals surface area contributed by atoms with E-state index in [9.17, 15) is 15.0 Å². The van der Waals surface area contributed by atoms with Crippen LogP contribution in [0.15, 0.2) is 72.6 Å². The van der Waals surface area contributed by atoms with Gasteiger partial charge in [-0.25, -0.2) is 4.79 Å². The number of nitrogens with one attached hydrogen (secondary N) is 1. The maximum atomic E-state index is 11.5. The molecule has 0 saturated heterocycles. The Kier molecular flexibility index (Phi) is 4.34. The van der Waals surface area contributed by atoms with Gasteiger partial charge in [-0.05, 0) is 60.6 Å². The van der Waals surface area contributed by atoms with Gasteiger partial charge in [-0.3, -0.25) is 0 Å². The molecule has 0 aliphatic heterocycles. The fourth-order valence-electron chi connectivity index (χ4n) is 2.86. The number of rotatable bonds is 9. The van der Waals surface area contributed by atoms with E-state index >= 15 is 0 Å². The van der Waals surface area contributed by atoms with Crippen LogP contribution >= 0.6 is 0 Å². The summed E-state index contributed by atoms with van der Waals surface area (Å²) in [5, 5.41) is 23.0. The summed E-state index contributed by atoms with van der Waals surface area (Å²) < 4.78 is 64.0. The van der Waals surface area contributed by atoms with Crippen LogP contribution in [-0.4, -0.2) is 29.3 Å². The Balaban J connectivity index is 1.68. The summed E-state index contributed by atoms with van der Waals surface area (Å²) in [5.74, 6) is -1.49. The molecule has 4 heteroatoms. The van der Waals surface area contributed by atoms with Gasteiger partial charge in [0.05, 0.1) is 22.6 Å². The van der Waals surface area contributed by atoms with Gasteiger partial charge in [-0.1, -0.05) is 66.1 Å². The normalized spacial score (nSPS) is 15.8. The third kappa shape index (κ3) is 6.01. The average Bonchev–Trinajstić information content (AvgIpc) is 2.85. The molecule has 0 amide bonds. The van der Waals surface area contributed by atoms with Crippen molar-refractivity contribution >= 4 is 5.97 Å². The highest BCUT2D eigenvalue weighted by Gasteiger charge is 2.07. The molecule has 0 spiro atoms. The van der Waals surface area contributed by atoms with Crippen LogP contribution in [-0.2, 0) is 6.42 Å². The van der Waals surface area contributed by atoms with Crippen LogP contribution in [0.25, 0.3) is 11.1 Å². The summed E-state index contributed by atoms with van der Waals surface area (Å²) in [6.45, 7) is 2.05. The van der Waals surface area contributed by atoms with E-state index in [4.69, 9.17) is 11.0 Å². The highest BCUT2D eigenvalue weighted by Crippen LogP contribution is 2.22. The Hall–Kier alpha value is -2.95. The maximum absolute atomic E-state index is 11.5. The molecule has 3 aromatic carbocycles. The van der Waals surface area contributed by atoms with Crippen molar-refractivity contribution in [1.29, 1.82) is 0 Å². The molecule has 0 heterocycles.